The Hall–Kier alpha value is -2.75. The zero-order chi connectivity index (χ0) is 19.5. The molecule has 27 heavy (non-hydrogen) atoms. The lowest BCUT2D eigenvalue weighted by Gasteiger charge is -2.12. The van der Waals surface area contributed by atoms with E-state index < -0.39 is 0 Å². The monoisotopic (exact) mass is 367 g/mol. The maximum atomic E-state index is 12.6. The van der Waals surface area contributed by atoms with Gasteiger partial charge in [0, 0.05) is 5.69 Å². The molecule has 1 amide bonds. The Morgan fingerprint density at radius 3 is 2.44 bits per heavy atom. The molecule has 0 saturated heterocycles. The smallest absolute Gasteiger partial charge is 0.259 e. The molecule has 0 unspecified atom stereocenters. The zero-order valence-corrected chi connectivity index (χ0v) is 16.3. The number of unbranched alkanes of at least 4 members (excludes halogenated alkanes) is 3. The minimum atomic E-state index is -0.208. The van der Waals surface area contributed by atoms with E-state index in [-0.39, 0.29) is 5.91 Å². The summed E-state index contributed by atoms with van der Waals surface area (Å²) < 4.78 is 11.4. The minimum Gasteiger partial charge on any atom is -0.494 e. The molecule has 4 heteroatoms. The van der Waals surface area contributed by atoms with Crippen molar-refractivity contribution in [1.29, 1.82) is 0 Å². The summed E-state index contributed by atoms with van der Waals surface area (Å²) in [5, 5.41) is 2.90. The van der Waals surface area contributed by atoms with Crippen molar-refractivity contribution < 1.29 is 14.3 Å². The van der Waals surface area contributed by atoms with Crippen LogP contribution in [0.1, 0.15) is 49.9 Å². The van der Waals surface area contributed by atoms with Crippen molar-refractivity contribution in [2.24, 2.45) is 0 Å². The number of benzene rings is 2. The molecule has 1 N–H and O–H groups in total. The molecule has 2 aromatic carbocycles. The fourth-order valence-corrected chi connectivity index (χ4v) is 2.53. The maximum absolute atomic E-state index is 12.6. The van der Waals surface area contributed by atoms with Crippen LogP contribution in [0, 0.1) is 0 Å². The van der Waals surface area contributed by atoms with E-state index in [9.17, 15) is 4.79 Å². The zero-order valence-electron chi connectivity index (χ0n) is 16.3. The number of amides is 1. The van der Waals surface area contributed by atoms with E-state index in [1.54, 1.807) is 12.1 Å². The van der Waals surface area contributed by atoms with E-state index in [1.165, 1.54) is 19.3 Å². The first-order chi connectivity index (χ1) is 13.1. The molecule has 0 saturated carbocycles. The molecule has 0 aliphatic rings. The fourth-order valence-electron chi connectivity index (χ4n) is 2.53. The minimum absolute atomic E-state index is 0.208. The highest BCUT2D eigenvalue weighted by molar-refractivity contribution is 6.06. The average molecular weight is 367 g/mol. The number of para-hydroxylation sites is 1. The Kier molecular flexibility index (Phi) is 8.43. The predicted octanol–water partition coefficient (Wildman–Crippen LogP) is 5.85. The molecular weight excluding hydrogens is 338 g/mol. The molecule has 0 fully saturated rings. The number of hydrogen-bond acceptors (Lipinski definition) is 3. The molecular formula is C23H29NO3. The molecule has 0 spiro atoms. The van der Waals surface area contributed by atoms with Gasteiger partial charge in [0.15, 0.2) is 0 Å². The second-order valence-corrected chi connectivity index (χ2v) is 6.63. The molecule has 0 aliphatic heterocycles. The van der Waals surface area contributed by atoms with E-state index in [2.05, 4.69) is 18.8 Å². The molecule has 2 aromatic rings. The number of carbonyl (C=O) groups excluding carboxylic acids is 1. The second kappa shape index (κ2) is 11.1. The third kappa shape index (κ3) is 7.18. The summed E-state index contributed by atoms with van der Waals surface area (Å²) in [4.78, 5) is 12.6. The number of carbonyl (C=O) groups is 1. The molecule has 0 aliphatic carbocycles. The van der Waals surface area contributed by atoms with Gasteiger partial charge in [-0.15, -0.1) is 0 Å². The van der Waals surface area contributed by atoms with Crippen LogP contribution in [0.3, 0.4) is 0 Å². The van der Waals surface area contributed by atoms with Gasteiger partial charge in [0.25, 0.3) is 5.91 Å². The summed E-state index contributed by atoms with van der Waals surface area (Å²) in [5.41, 5.74) is 2.11. The van der Waals surface area contributed by atoms with E-state index in [0.29, 0.717) is 23.6 Å². The average Bonchev–Trinajstić information content (AvgIpc) is 2.67. The topological polar surface area (TPSA) is 47.6 Å². The van der Waals surface area contributed by atoms with E-state index in [1.807, 2.05) is 43.3 Å². The first-order valence-electron chi connectivity index (χ1n) is 9.50. The quantitative estimate of drug-likeness (QED) is 0.400. The molecule has 0 aromatic heterocycles. The van der Waals surface area contributed by atoms with Crippen molar-refractivity contribution >= 4 is 11.6 Å². The van der Waals surface area contributed by atoms with Gasteiger partial charge < -0.3 is 14.8 Å². The van der Waals surface area contributed by atoms with Crippen molar-refractivity contribution in [3.8, 4) is 11.5 Å². The number of rotatable bonds is 11. The van der Waals surface area contributed by atoms with Crippen LogP contribution in [0.5, 0.6) is 11.5 Å². The Morgan fingerprint density at radius 2 is 1.74 bits per heavy atom. The molecule has 0 heterocycles. The van der Waals surface area contributed by atoms with Crippen LogP contribution in [0.15, 0.2) is 60.7 Å². The van der Waals surface area contributed by atoms with Gasteiger partial charge >= 0.3 is 0 Å². The van der Waals surface area contributed by atoms with Gasteiger partial charge in [-0.1, -0.05) is 44.9 Å². The summed E-state index contributed by atoms with van der Waals surface area (Å²) in [5.74, 6) is 1.15. The van der Waals surface area contributed by atoms with Crippen LogP contribution in [0.25, 0.3) is 0 Å². The highest BCUT2D eigenvalue weighted by atomic mass is 16.5. The lowest BCUT2D eigenvalue weighted by Crippen LogP contribution is -2.14. The van der Waals surface area contributed by atoms with Crippen molar-refractivity contribution in [1.82, 2.24) is 0 Å². The fraction of sp³-hybridized carbons (Fsp3) is 0.348. The Morgan fingerprint density at radius 1 is 1.00 bits per heavy atom. The van der Waals surface area contributed by atoms with Crippen LogP contribution < -0.4 is 14.8 Å². The van der Waals surface area contributed by atoms with E-state index in [4.69, 9.17) is 9.47 Å². The lowest BCUT2D eigenvalue weighted by molar-refractivity contribution is 0.102. The highest BCUT2D eigenvalue weighted by Gasteiger charge is 2.12. The molecule has 0 bridgehead atoms. The summed E-state index contributed by atoms with van der Waals surface area (Å²) in [7, 11) is 0. The summed E-state index contributed by atoms with van der Waals surface area (Å²) in [6.07, 6.45) is 4.71. The largest absolute Gasteiger partial charge is 0.494 e. The molecule has 2 rings (SSSR count). The molecule has 0 atom stereocenters. The van der Waals surface area contributed by atoms with Crippen LogP contribution in [0.2, 0.25) is 0 Å². The van der Waals surface area contributed by atoms with Gasteiger partial charge in [-0.2, -0.15) is 0 Å². The standard InChI is InChI=1S/C23H29NO3/c1-4-5-6-9-16-26-20-14-12-19(13-15-20)24-23(25)21-10-7-8-11-22(21)27-17-18(2)3/h7-8,10-15H,2,4-6,9,16-17H2,1,3H3,(H,24,25). The van der Waals surface area contributed by atoms with Gasteiger partial charge in [-0.25, -0.2) is 0 Å². The number of nitrogens with one attached hydrogen (secondary N) is 1. The summed E-state index contributed by atoms with van der Waals surface area (Å²) >= 11 is 0. The second-order valence-electron chi connectivity index (χ2n) is 6.63. The van der Waals surface area contributed by atoms with Crippen molar-refractivity contribution in [3.63, 3.8) is 0 Å². The predicted molar refractivity (Wildman–Crippen MR) is 111 cm³/mol. The van der Waals surface area contributed by atoms with Gasteiger partial charge in [0.05, 0.1) is 12.2 Å². The van der Waals surface area contributed by atoms with Crippen LogP contribution in [-0.4, -0.2) is 19.1 Å². The van der Waals surface area contributed by atoms with Crippen molar-refractivity contribution in [3.05, 3.63) is 66.2 Å². The van der Waals surface area contributed by atoms with Crippen LogP contribution in [-0.2, 0) is 0 Å². The Labute approximate surface area is 162 Å². The van der Waals surface area contributed by atoms with Gasteiger partial charge in [-0.3, -0.25) is 4.79 Å². The van der Waals surface area contributed by atoms with Gasteiger partial charge in [0.2, 0.25) is 0 Å². The summed E-state index contributed by atoms with van der Waals surface area (Å²) in [6, 6.07) is 14.6. The lowest BCUT2D eigenvalue weighted by atomic mass is 10.1. The van der Waals surface area contributed by atoms with Crippen molar-refractivity contribution in [2.75, 3.05) is 18.5 Å². The Balaban J connectivity index is 1.91. The normalized spacial score (nSPS) is 10.3. The SMILES string of the molecule is C=C(C)COc1ccccc1C(=O)Nc1ccc(OCCCCCC)cc1. The summed E-state index contributed by atoms with van der Waals surface area (Å²) in [6.45, 7) is 9.00. The van der Waals surface area contributed by atoms with Crippen molar-refractivity contribution in [2.45, 2.75) is 39.5 Å². The third-order valence-electron chi connectivity index (χ3n) is 3.98. The first-order valence-corrected chi connectivity index (χ1v) is 9.50. The molecule has 0 radical (unpaired) electrons. The molecule has 4 nitrogen and oxygen atoms in total. The molecule has 144 valence electrons. The maximum Gasteiger partial charge on any atom is 0.259 e. The van der Waals surface area contributed by atoms with E-state index >= 15 is 0 Å². The number of anilines is 1. The van der Waals surface area contributed by atoms with Crippen LogP contribution >= 0.6 is 0 Å². The van der Waals surface area contributed by atoms with E-state index in [0.717, 1.165) is 24.4 Å². The third-order valence-corrected chi connectivity index (χ3v) is 3.98. The van der Waals surface area contributed by atoms with Crippen LogP contribution in [0.4, 0.5) is 5.69 Å². The first kappa shape index (κ1) is 20.6. The highest BCUT2D eigenvalue weighted by Crippen LogP contribution is 2.21. The van der Waals surface area contributed by atoms with Gasteiger partial charge in [0.1, 0.15) is 18.1 Å². The van der Waals surface area contributed by atoms with Gasteiger partial charge in [-0.05, 0) is 55.3 Å². The number of hydrogen-bond donors (Lipinski definition) is 1. The Bertz CT molecular complexity index is 738. The number of ether oxygens (including phenoxy) is 2.